The SMILES string of the molecule is CCCCc1ncc(CN2CCN(C(C)=O)CC(C(=O)N(C)C)C2)[nH]1. The van der Waals surface area contributed by atoms with E-state index in [4.69, 9.17) is 0 Å². The molecule has 2 heterocycles. The summed E-state index contributed by atoms with van der Waals surface area (Å²) in [6, 6.07) is 0. The van der Waals surface area contributed by atoms with E-state index in [1.807, 2.05) is 6.20 Å². The van der Waals surface area contributed by atoms with Crippen LogP contribution in [0.3, 0.4) is 0 Å². The second kappa shape index (κ2) is 8.99. The lowest BCUT2D eigenvalue weighted by atomic mass is 10.1. The van der Waals surface area contributed by atoms with Gasteiger partial charge in [-0.15, -0.1) is 0 Å². The van der Waals surface area contributed by atoms with Gasteiger partial charge in [-0.3, -0.25) is 14.5 Å². The van der Waals surface area contributed by atoms with Gasteiger partial charge in [-0.1, -0.05) is 13.3 Å². The fourth-order valence-corrected chi connectivity index (χ4v) is 3.23. The first kappa shape index (κ1) is 19.4. The average Bonchev–Trinajstić information content (AvgIpc) is 2.89. The van der Waals surface area contributed by atoms with Crippen LogP contribution in [0.25, 0.3) is 0 Å². The smallest absolute Gasteiger partial charge is 0.228 e. The van der Waals surface area contributed by atoms with Crippen molar-refractivity contribution in [2.24, 2.45) is 5.92 Å². The number of hydrogen-bond acceptors (Lipinski definition) is 4. The maximum absolute atomic E-state index is 12.5. The van der Waals surface area contributed by atoms with Crippen molar-refractivity contribution in [3.05, 3.63) is 17.7 Å². The molecule has 1 aromatic rings. The average molecular weight is 349 g/mol. The number of nitrogens with zero attached hydrogens (tertiary/aromatic N) is 4. The van der Waals surface area contributed by atoms with Gasteiger partial charge >= 0.3 is 0 Å². The van der Waals surface area contributed by atoms with E-state index in [1.54, 1.807) is 30.8 Å². The maximum Gasteiger partial charge on any atom is 0.228 e. The third-order valence-corrected chi connectivity index (χ3v) is 4.68. The van der Waals surface area contributed by atoms with E-state index < -0.39 is 0 Å². The van der Waals surface area contributed by atoms with E-state index in [1.165, 1.54) is 0 Å². The van der Waals surface area contributed by atoms with Gasteiger partial charge in [0.15, 0.2) is 0 Å². The number of H-pyrrole nitrogens is 1. The molecular weight excluding hydrogens is 318 g/mol. The van der Waals surface area contributed by atoms with Gasteiger partial charge in [0.2, 0.25) is 11.8 Å². The molecule has 0 radical (unpaired) electrons. The van der Waals surface area contributed by atoms with Crippen LogP contribution in [0.2, 0.25) is 0 Å². The van der Waals surface area contributed by atoms with Crippen LogP contribution in [0.4, 0.5) is 0 Å². The molecule has 0 saturated carbocycles. The van der Waals surface area contributed by atoms with E-state index in [9.17, 15) is 9.59 Å². The van der Waals surface area contributed by atoms with Crippen molar-refractivity contribution in [1.29, 1.82) is 0 Å². The maximum atomic E-state index is 12.5. The Morgan fingerprint density at radius 2 is 2.08 bits per heavy atom. The first-order valence-electron chi connectivity index (χ1n) is 9.12. The second-order valence-electron chi connectivity index (χ2n) is 7.09. The Morgan fingerprint density at radius 1 is 1.32 bits per heavy atom. The summed E-state index contributed by atoms with van der Waals surface area (Å²) >= 11 is 0. The highest BCUT2D eigenvalue weighted by atomic mass is 16.2. The first-order chi connectivity index (χ1) is 11.9. The summed E-state index contributed by atoms with van der Waals surface area (Å²) in [4.78, 5) is 37.8. The number of unbranched alkanes of at least 4 members (excludes halogenated alkanes) is 1. The number of aromatic nitrogens is 2. The van der Waals surface area contributed by atoms with Crippen LogP contribution in [0.5, 0.6) is 0 Å². The molecule has 0 bridgehead atoms. The summed E-state index contributed by atoms with van der Waals surface area (Å²) in [5.41, 5.74) is 1.07. The van der Waals surface area contributed by atoms with Gasteiger partial charge in [0.25, 0.3) is 0 Å². The number of amides is 2. The Balaban J connectivity index is 2.04. The van der Waals surface area contributed by atoms with Gasteiger partial charge in [-0.05, 0) is 6.42 Å². The van der Waals surface area contributed by atoms with Crippen molar-refractivity contribution < 1.29 is 9.59 Å². The Bertz CT molecular complexity index is 584. The summed E-state index contributed by atoms with van der Waals surface area (Å²) in [5, 5.41) is 0. The fourth-order valence-electron chi connectivity index (χ4n) is 3.23. The highest BCUT2D eigenvalue weighted by Gasteiger charge is 2.30. The minimum Gasteiger partial charge on any atom is -0.348 e. The van der Waals surface area contributed by atoms with Crippen LogP contribution < -0.4 is 0 Å². The van der Waals surface area contributed by atoms with Gasteiger partial charge < -0.3 is 14.8 Å². The van der Waals surface area contributed by atoms with Gasteiger partial charge in [-0.25, -0.2) is 4.98 Å². The van der Waals surface area contributed by atoms with Gasteiger partial charge in [0, 0.05) is 72.1 Å². The molecule has 140 valence electrons. The summed E-state index contributed by atoms with van der Waals surface area (Å²) < 4.78 is 0. The number of hydrogen-bond donors (Lipinski definition) is 1. The van der Waals surface area contributed by atoms with Crippen molar-refractivity contribution in [2.45, 2.75) is 39.7 Å². The zero-order chi connectivity index (χ0) is 18.4. The molecule has 1 atom stereocenters. The molecule has 1 aliphatic heterocycles. The molecule has 1 fully saturated rings. The minimum absolute atomic E-state index is 0.0294. The normalized spacial score (nSPS) is 18.9. The zero-order valence-electron chi connectivity index (χ0n) is 15.9. The van der Waals surface area contributed by atoms with Crippen molar-refractivity contribution >= 4 is 11.8 Å². The molecule has 2 amide bonds. The Labute approximate surface area is 150 Å². The van der Waals surface area contributed by atoms with Crippen LogP contribution in [-0.2, 0) is 22.6 Å². The first-order valence-corrected chi connectivity index (χ1v) is 9.12. The number of carbonyl (C=O) groups excluding carboxylic acids is 2. The van der Waals surface area contributed by atoms with Gasteiger partial charge in [0.1, 0.15) is 5.82 Å². The molecule has 1 aliphatic rings. The Kier molecular flexibility index (Phi) is 6.99. The summed E-state index contributed by atoms with van der Waals surface area (Å²) in [6.07, 6.45) is 5.14. The summed E-state index contributed by atoms with van der Waals surface area (Å²) in [7, 11) is 3.54. The van der Waals surface area contributed by atoms with Crippen molar-refractivity contribution in [3.8, 4) is 0 Å². The summed E-state index contributed by atoms with van der Waals surface area (Å²) in [5.74, 6) is 0.940. The van der Waals surface area contributed by atoms with E-state index in [-0.39, 0.29) is 17.7 Å². The molecule has 0 aromatic carbocycles. The quantitative estimate of drug-likeness (QED) is 0.835. The van der Waals surface area contributed by atoms with Crippen LogP contribution in [0.15, 0.2) is 6.20 Å². The molecule has 2 rings (SSSR count). The minimum atomic E-state index is -0.191. The molecule has 1 N–H and O–H groups in total. The van der Waals surface area contributed by atoms with Gasteiger partial charge in [0.05, 0.1) is 5.92 Å². The van der Waals surface area contributed by atoms with Crippen molar-refractivity contribution in [3.63, 3.8) is 0 Å². The largest absolute Gasteiger partial charge is 0.348 e. The molecule has 1 aromatic heterocycles. The lowest BCUT2D eigenvalue weighted by Crippen LogP contribution is -2.41. The summed E-state index contributed by atoms with van der Waals surface area (Å²) in [6.45, 7) is 7.04. The van der Waals surface area contributed by atoms with Crippen LogP contribution >= 0.6 is 0 Å². The number of aromatic amines is 1. The third-order valence-electron chi connectivity index (χ3n) is 4.68. The molecule has 0 spiro atoms. The van der Waals surface area contributed by atoms with Crippen LogP contribution in [0, 0.1) is 5.92 Å². The Morgan fingerprint density at radius 3 is 2.72 bits per heavy atom. The van der Waals surface area contributed by atoms with Gasteiger partial charge in [-0.2, -0.15) is 0 Å². The highest BCUT2D eigenvalue weighted by Crippen LogP contribution is 2.15. The van der Waals surface area contributed by atoms with E-state index in [0.29, 0.717) is 19.6 Å². The van der Waals surface area contributed by atoms with E-state index in [0.717, 1.165) is 43.9 Å². The van der Waals surface area contributed by atoms with Crippen LogP contribution in [-0.4, -0.2) is 76.8 Å². The van der Waals surface area contributed by atoms with E-state index >= 15 is 0 Å². The molecule has 0 aliphatic carbocycles. The highest BCUT2D eigenvalue weighted by molar-refractivity contribution is 5.80. The van der Waals surface area contributed by atoms with Crippen LogP contribution in [0.1, 0.15) is 38.2 Å². The van der Waals surface area contributed by atoms with Crippen molar-refractivity contribution in [1.82, 2.24) is 24.7 Å². The molecular formula is C18H31N5O2. The lowest BCUT2D eigenvalue weighted by molar-refractivity contribution is -0.135. The number of carbonyl (C=O) groups is 2. The Hall–Kier alpha value is -1.89. The predicted molar refractivity (Wildman–Crippen MR) is 96.9 cm³/mol. The number of nitrogens with one attached hydrogen (secondary N) is 1. The third kappa shape index (κ3) is 5.56. The number of aryl methyl sites for hydroxylation is 1. The predicted octanol–water partition coefficient (Wildman–Crippen LogP) is 1.12. The monoisotopic (exact) mass is 349 g/mol. The second-order valence-corrected chi connectivity index (χ2v) is 7.09. The standard InChI is InChI=1S/C18H31N5O2/c1-5-6-7-17-19-10-16(20-17)13-22-8-9-23(14(2)24)12-15(11-22)18(25)21(3)4/h10,15H,5-9,11-13H2,1-4H3,(H,19,20). The molecule has 1 unspecified atom stereocenters. The number of rotatable bonds is 6. The van der Waals surface area contributed by atoms with E-state index in [2.05, 4.69) is 21.8 Å². The molecule has 7 heteroatoms. The lowest BCUT2D eigenvalue weighted by Gasteiger charge is -2.25. The fraction of sp³-hybridized carbons (Fsp3) is 0.722. The molecule has 1 saturated heterocycles. The molecule has 7 nitrogen and oxygen atoms in total. The van der Waals surface area contributed by atoms with Crippen molar-refractivity contribution in [2.75, 3.05) is 40.3 Å². The zero-order valence-corrected chi connectivity index (χ0v) is 15.9. The molecule has 25 heavy (non-hydrogen) atoms. The number of imidazole rings is 1. The topological polar surface area (TPSA) is 72.5 Å².